The van der Waals surface area contributed by atoms with Gasteiger partial charge in [0.2, 0.25) is 5.91 Å². The molecule has 0 aliphatic carbocycles. The van der Waals surface area contributed by atoms with E-state index in [9.17, 15) is 30.3 Å². The van der Waals surface area contributed by atoms with E-state index in [2.05, 4.69) is 129 Å². The molecule has 6 N–H and O–H groups in total. The Hall–Kier alpha value is -3.41. The van der Waals surface area contributed by atoms with Crippen LogP contribution in [-0.2, 0) is 14.3 Å². The van der Waals surface area contributed by atoms with Gasteiger partial charge in [-0.25, -0.2) is 0 Å². The van der Waals surface area contributed by atoms with E-state index in [1.807, 2.05) is 6.08 Å². The van der Waals surface area contributed by atoms with E-state index in [0.29, 0.717) is 6.42 Å². The smallest absolute Gasteiger partial charge is 0.220 e. The third kappa shape index (κ3) is 36.3. The summed E-state index contributed by atoms with van der Waals surface area (Å²) in [5.41, 5.74) is 0. The normalized spacial score (nSPS) is 20.7. The van der Waals surface area contributed by atoms with Crippen LogP contribution < -0.4 is 5.32 Å². The maximum atomic E-state index is 13.0. The van der Waals surface area contributed by atoms with Crippen molar-refractivity contribution < 1.29 is 39.8 Å². The van der Waals surface area contributed by atoms with E-state index in [1.165, 1.54) is 44.9 Å². The maximum absolute atomic E-state index is 13.0. The van der Waals surface area contributed by atoms with Crippen molar-refractivity contribution >= 4 is 5.91 Å². The third-order valence-corrected chi connectivity index (χ3v) is 11.5. The summed E-state index contributed by atoms with van der Waals surface area (Å²) in [7, 11) is 0. The minimum atomic E-state index is -1.58. The van der Waals surface area contributed by atoms with Gasteiger partial charge in [0.15, 0.2) is 6.29 Å². The highest BCUT2D eigenvalue weighted by Gasteiger charge is 2.44. The Morgan fingerprint density at radius 1 is 0.522 bits per heavy atom. The van der Waals surface area contributed by atoms with Gasteiger partial charge >= 0.3 is 0 Å². The highest BCUT2D eigenvalue weighted by molar-refractivity contribution is 5.76. The van der Waals surface area contributed by atoms with Crippen LogP contribution in [0, 0.1) is 0 Å². The van der Waals surface area contributed by atoms with Gasteiger partial charge in [0.1, 0.15) is 24.4 Å². The number of hydrogen-bond donors (Lipinski definition) is 6. The van der Waals surface area contributed by atoms with Gasteiger partial charge in [-0.05, 0) is 89.9 Å². The lowest BCUT2D eigenvalue weighted by atomic mass is 9.99. The number of hydrogen-bond acceptors (Lipinski definition) is 8. The summed E-state index contributed by atoms with van der Waals surface area (Å²) in [5.74, 6) is -0.204. The van der Waals surface area contributed by atoms with Crippen molar-refractivity contribution in [3.05, 3.63) is 122 Å². The summed E-state index contributed by atoms with van der Waals surface area (Å²) in [6, 6.07) is -0.823. The average Bonchev–Trinajstić information content (AvgIpc) is 3.33. The zero-order valence-corrected chi connectivity index (χ0v) is 41.8. The molecule has 1 aliphatic heterocycles. The number of nitrogens with one attached hydrogen (secondary N) is 1. The Balaban J connectivity index is 2.24. The first kappa shape index (κ1) is 61.6. The van der Waals surface area contributed by atoms with Gasteiger partial charge < -0.3 is 40.3 Å². The molecule has 7 unspecified atom stereocenters. The van der Waals surface area contributed by atoms with Crippen molar-refractivity contribution in [2.75, 3.05) is 13.2 Å². The Labute approximate surface area is 408 Å². The van der Waals surface area contributed by atoms with Crippen molar-refractivity contribution in [2.45, 2.75) is 224 Å². The minimum Gasteiger partial charge on any atom is -0.394 e. The Morgan fingerprint density at radius 2 is 0.925 bits per heavy atom. The molecule has 0 saturated carbocycles. The number of rotatable bonds is 42. The minimum absolute atomic E-state index is 0.204. The van der Waals surface area contributed by atoms with Crippen LogP contribution in [0.3, 0.4) is 0 Å². The molecule has 67 heavy (non-hydrogen) atoms. The lowest BCUT2D eigenvalue weighted by molar-refractivity contribution is -0.302. The zero-order valence-electron chi connectivity index (χ0n) is 41.8. The lowest BCUT2D eigenvalue weighted by Gasteiger charge is -2.40. The highest BCUT2D eigenvalue weighted by atomic mass is 16.7. The first-order chi connectivity index (χ1) is 32.8. The van der Waals surface area contributed by atoms with Crippen LogP contribution in [0.25, 0.3) is 0 Å². The van der Waals surface area contributed by atoms with Crippen molar-refractivity contribution in [1.29, 1.82) is 0 Å². The van der Waals surface area contributed by atoms with Gasteiger partial charge in [-0.2, -0.15) is 0 Å². The van der Waals surface area contributed by atoms with Gasteiger partial charge in [-0.15, -0.1) is 0 Å². The molecule has 1 saturated heterocycles. The molecule has 0 aromatic heterocycles. The van der Waals surface area contributed by atoms with Gasteiger partial charge in [-0.1, -0.05) is 206 Å². The van der Waals surface area contributed by atoms with Gasteiger partial charge in [0.25, 0.3) is 0 Å². The van der Waals surface area contributed by atoms with E-state index in [4.69, 9.17) is 9.47 Å². The summed E-state index contributed by atoms with van der Waals surface area (Å²) < 4.78 is 11.2. The van der Waals surface area contributed by atoms with Crippen molar-refractivity contribution in [2.24, 2.45) is 0 Å². The third-order valence-electron chi connectivity index (χ3n) is 11.5. The second-order valence-electron chi connectivity index (χ2n) is 17.6. The van der Waals surface area contributed by atoms with Crippen LogP contribution in [0.4, 0.5) is 0 Å². The number of unbranched alkanes of at least 4 members (excludes halogenated alkanes) is 14. The summed E-state index contributed by atoms with van der Waals surface area (Å²) in [6.07, 6.45) is 62.5. The van der Waals surface area contributed by atoms with Crippen LogP contribution in [0.5, 0.6) is 0 Å². The second-order valence-corrected chi connectivity index (χ2v) is 17.6. The molecule has 1 fully saturated rings. The molecule has 380 valence electrons. The maximum Gasteiger partial charge on any atom is 0.220 e. The molecule has 1 aliphatic rings. The number of aliphatic hydroxyl groups is 5. The Kier molecular flexibility index (Phi) is 42.6. The van der Waals surface area contributed by atoms with Crippen LogP contribution in [0.2, 0.25) is 0 Å². The molecule has 9 heteroatoms. The number of amides is 1. The molecule has 0 aromatic carbocycles. The molecule has 1 heterocycles. The van der Waals surface area contributed by atoms with Crippen LogP contribution in [0.1, 0.15) is 181 Å². The fourth-order valence-electron chi connectivity index (χ4n) is 7.38. The van der Waals surface area contributed by atoms with Crippen molar-refractivity contribution in [3.63, 3.8) is 0 Å². The van der Waals surface area contributed by atoms with Gasteiger partial charge in [0.05, 0.1) is 25.4 Å². The number of allylic oxidation sites excluding steroid dienone is 19. The highest BCUT2D eigenvalue weighted by Crippen LogP contribution is 2.22. The summed E-state index contributed by atoms with van der Waals surface area (Å²) in [5, 5.41) is 54.2. The van der Waals surface area contributed by atoms with Crippen LogP contribution in [0.15, 0.2) is 122 Å². The predicted molar refractivity (Wildman–Crippen MR) is 280 cm³/mol. The average molecular weight is 934 g/mol. The molecule has 0 radical (unpaired) electrons. The Morgan fingerprint density at radius 3 is 1.37 bits per heavy atom. The SMILES string of the molecule is CC/C=C\C/C=C\C/C=C\C/C=C\C/C=C\C/C=C\C/C=C\C/C=C\C/C=C\CCCCCCCC(=O)NC(COC1OC(CO)C(O)C(O)C1O)C(O)/C=C/CCCCCCCCCCC. The standard InChI is InChI=1S/C58H95NO8/c1-3-5-7-9-11-13-15-16-17-18-19-20-21-22-23-24-25-26-27-28-29-30-31-32-33-34-35-36-38-40-42-44-46-48-54(62)59-51(50-66-58-57(65)56(64)55(63)53(49-60)67-58)52(61)47-45-43-41-39-37-14-12-10-8-6-4-2/h5,7,11,13,16-17,19-20,22-23,25-26,28-29,31-32,34-35,45,47,51-53,55-58,60-61,63-65H,3-4,6,8-10,12,14-15,18,21,24,27,30,33,36-44,46,48-50H2,1-2H3,(H,59,62)/b7-5-,13-11-,17-16-,20-19-,23-22-,26-25-,29-28-,32-31-,35-34-,47-45+. The topological polar surface area (TPSA) is 149 Å². The molecule has 9 nitrogen and oxygen atoms in total. The molecular weight excluding hydrogens is 839 g/mol. The summed E-state index contributed by atoms with van der Waals surface area (Å²) >= 11 is 0. The molecule has 7 atom stereocenters. The van der Waals surface area contributed by atoms with Crippen LogP contribution >= 0.6 is 0 Å². The predicted octanol–water partition coefficient (Wildman–Crippen LogP) is 12.4. The van der Waals surface area contributed by atoms with E-state index in [1.54, 1.807) is 6.08 Å². The monoisotopic (exact) mass is 934 g/mol. The lowest BCUT2D eigenvalue weighted by Crippen LogP contribution is -2.60. The molecular formula is C58H95NO8. The molecule has 0 bridgehead atoms. The number of ether oxygens (including phenoxy) is 2. The van der Waals surface area contributed by atoms with Gasteiger partial charge in [-0.3, -0.25) is 4.79 Å². The zero-order chi connectivity index (χ0) is 48.7. The second kappa shape index (κ2) is 46.3. The first-order valence-corrected chi connectivity index (χ1v) is 26.3. The summed E-state index contributed by atoms with van der Waals surface area (Å²) in [6.45, 7) is 3.61. The number of carbonyl (C=O) groups excluding carboxylic acids is 1. The van der Waals surface area contributed by atoms with E-state index in [0.717, 1.165) is 116 Å². The number of carbonyl (C=O) groups is 1. The molecule has 0 aromatic rings. The largest absolute Gasteiger partial charge is 0.394 e. The number of aliphatic hydroxyl groups excluding tert-OH is 5. The van der Waals surface area contributed by atoms with Crippen molar-refractivity contribution in [1.82, 2.24) is 5.32 Å². The fourth-order valence-corrected chi connectivity index (χ4v) is 7.38. The molecule has 0 spiro atoms. The van der Waals surface area contributed by atoms with E-state index < -0.39 is 49.5 Å². The molecule has 1 rings (SSSR count). The van der Waals surface area contributed by atoms with Crippen LogP contribution in [-0.4, -0.2) is 87.5 Å². The fraction of sp³-hybridized carbons (Fsp3) is 0.638. The van der Waals surface area contributed by atoms with E-state index >= 15 is 0 Å². The quantitative estimate of drug-likeness (QED) is 0.0262. The van der Waals surface area contributed by atoms with Gasteiger partial charge in [0, 0.05) is 6.42 Å². The van der Waals surface area contributed by atoms with E-state index in [-0.39, 0.29) is 12.5 Å². The summed E-state index contributed by atoms with van der Waals surface area (Å²) in [4.78, 5) is 13.0. The van der Waals surface area contributed by atoms with Crippen molar-refractivity contribution in [3.8, 4) is 0 Å². The first-order valence-electron chi connectivity index (χ1n) is 26.3. The Bertz CT molecular complexity index is 1460. The molecule has 1 amide bonds.